The Bertz CT molecular complexity index is 1630. The summed E-state index contributed by atoms with van der Waals surface area (Å²) >= 11 is 0. The second-order valence-corrected chi connectivity index (χ2v) is 11.9. The molecular formula is C31H35CdF3N7O2-. The van der Waals surface area contributed by atoms with Crippen molar-refractivity contribution in [1.82, 2.24) is 24.8 Å². The van der Waals surface area contributed by atoms with Crippen LogP contribution in [0, 0.1) is 36.5 Å². The van der Waals surface area contributed by atoms with Gasteiger partial charge in [0.2, 0.25) is 0 Å². The summed E-state index contributed by atoms with van der Waals surface area (Å²) in [6, 6.07) is 7.92. The molecule has 1 atom stereocenters. The average molecular weight is 707 g/mol. The van der Waals surface area contributed by atoms with Gasteiger partial charge in [-0.05, 0) is 63.2 Å². The van der Waals surface area contributed by atoms with Gasteiger partial charge in [0.15, 0.2) is 0 Å². The number of alkyl halides is 2. The van der Waals surface area contributed by atoms with Gasteiger partial charge in [0.05, 0.1) is 23.4 Å². The van der Waals surface area contributed by atoms with Gasteiger partial charge in [0.1, 0.15) is 23.5 Å². The van der Waals surface area contributed by atoms with Crippen LogP contribution in [0.15, 0.2) is 29.1 Å². The molecular weight excluding hydrogens is 672 g/mol. The molecule has 3 aliphatic heterocycles. The van der Waals surface area contributed by atoms with E-state index in [0.29, 0.717) is 54.9 Å². The molecule has 1 saturated carbocycles. The molecule has 0 spiro atoms. The molecule has 2 fully saturated rings. The van der Waals surface area contributed by atoms with Crippen LogP contribution in [0.25, 0.3) is 11.0 Å². The maximum absolute atomic E-state index is 15.6. The molecule has 2 N–H and O–H groups in total. The first-order valence-corrected chi connectivity index (χ1v) is 14.7. The van der Waals surface area contributed by atoms with Crippen molar-refractivity contribution in [2.45, 2.75) is 63.1 Å². The van der Waals surface area contributed by atoms with Gasteiger partial charge in [-0.3, -0.25) is 19.1 Å². The van der Waals surface area contributed by atoms with Crippen LogP contribution < -0.4 is 16.2 Å². The summed E-state index contributed by atoms with van der Waals surface area (Å²) < 4.78 is 53.4. The minimum atomic E-state index is -3.32. The number of nitrogens with zero attached hydrogens (tertiary/aromatic N) is 5. The van der Waals surface area contributed by atoms with E-state index in [1.54, 1.807) is 20.1 Å². The molecule has 1 aliphatic carbocycles. The van der Waals surface area contributed by atoms with Crippen molar-refractivity contribution in [3.05, 3.63) is 69.5 Å². The molecule has 5 heterocycles. The van der Waals surface area contributed by atoms with Gasteiger partial charge in [-0.2, -0.15) is 11.3 Å². The fourth-order valence-corrected chi connectivity index (χ4v) is 6.20. The summed E-state index contributed by atoms with van der Waals surface area (Å²) in [7, 11) is 1.56. The van der Waals surface area contributed by atoms with E-state index in [0.717, 1.165) is 25.5 Å². The normalized spacial score (nSPS) is 24.4. The predicted octanol–water partition coefficient (Wildman–Crippen LogP) is 4.18. The minimum Gasteiger partial charge on any atom is -0.399 e. The van der Waals surface area contributed by atoms with Crippen LogP contribution in [0.5, 0.6) is 0 Å². The number of anilines is 1. The van der Waals surface area contributed by atoms with Crippen molar-refractivity contribution in [3.63, 3.8) is 0 Å². The number of rotatable bonds is 2. The summed E-state index contributed by atoms with van der Waals surface area (Å²) in [6.07, 6.45) is 1.89. The van der Waals surface area contributed by atoms with Crippen molar-refractivity contribution in [1.29, 1.82) is 5.26 Å². The third kappa shape index (κ3) is 6.33. The van der Waals surface area contributed by atoms with Crippen LogP contribution in [-0.4, -0.2) is 59.0 Å². The molecule has 1 aromatic carbocycles. The first-order valence-electron chi connectivity index (χ1n) is 14.7. The fraction of sp³-hybridized carbons (Fsp3) is 0.516. The van der Waals surface area contributed by atoms with E-state index in [4.69, 9.17) is 4.74 Å². The van der Waals surface area contributed by atoms with Gasteiger partial charge in [0, 0.05) is 65.3 Å². The van der Waals surface area contributed by atoms with Gasteiger partial charge in [-0.15, -0.1) is 11.6 Å². The number of hydrogen-bond donors (Lipinski definition) is 2. The van der Waals surface area contributed by atoms with Crippen molar-refractivity contribution < 1.29 is 45.2 Å². The summed E-state index contributed by atoms with van der Waals surface area (Å²) in [5.41, 5.74) is -1.23. The zero-order valence-electron chi connectivity index (χ0n) is 25.0. The molecule has 8 bridgehead atoms. The molecule has 7 rings (SSSR count). The van der Waals surface area contributed by atoms with Crippen LogP contribution in [0.3, 0.4) is 0 Å². The largest absolute Gasteiger partial charge is 0.399 e. The van der Waals surface area contributed by atoms with Crippen LogP contribution in [0.1, 0.15) is 54.6 Å². The molecule has 1 saturated heterocycles. The van der Waals surface area contributed by atoms with Crippen LogP contribution in [-0.2, 0) is 49.9 Å². The number of halogens is 3. The van der Waals surface area contributed by atoms with E-state index < -0.39 is 35.4 Å². The van der Waals surface area contributed by atoms with Gasteiger partial charge < -0.3 is 15.0 Å². The van der Waals surface area contributed by atoms with Crippen molar-refractivity contribution in [2.24, 2.45) is 5.92 Å². The zero-order valence-corrected chi connectivity index (χ0v) is 29.0. The number of nitrogens with one attached hydrogen (secondary N) is 2. The van der Waals surface area contributed by atoms with E-state index >= 15 is 13.2 Å². The van der Waals surface area contributed by atoms with Crippen LogP contribution in [0.4, 0.5) is 19.0 Å². The molecule has 9 nitrogen and oxygen atoms in total. The van der Waals surface area contributed by atoms with Crippen molar-refractivity contribution >= 4 is 16.9 Å². The third-order valence-electron chi connectivity index (χ3n) is 8.81. The van der Waals surface area contributed by atoms with E-state index in [-0.39, 0.29) is 56.7 Å². The van der Waals surface area contributed by atoms with E-state index in [1.165, 1.54) is 23.2 Å². The Hall–Kier alpha value is -2.74. The van der Waals surface area contributed by atoms with Gasteiger partial charge in [0.25, 0.3) is 11.5 Å². The van der Waals surface area contributed by atoms with Gasteiger partial charge in [-0.1, -0.05) is 12.6 Å². The maximum atomic E-state index is 15.6. The second kappa shape index (κ2) is 12.9. The van der Waals surface area contributed by atoms with Crippen LogP contribution in [0.2, 0.25) is 0 Å². The standard InChI is InChI=1S/C31H35F3N7O2.Cd/c1-19-38-27-22-12-24(30(18-35)8-9-30)29(42)41(28(22)39-19)17-25(43-2)36-10-3-4-11-40-15-20(16-40)13-31(33,34)23-7-5-6-21(14-37-27)26(23)32;/h5-7,12,14,20,25,36H,3-4,8-11,13,15-17H2,1-2H3,(H,37,38,39);/q-1;. The number of ether oxygens (including phenoxy) is 1. The Morgan fingerprint density at radius 2 is 1.93 bits per heavy atom. The Morgan fingerprint density at radius 1 is 1.16 bits per heavy atom. The van der Waals surface area contributed by atoms with E-state index in [9.17, 15) is 10.1 Å². The average Bonchev–Trinajstić information content (AvgIpc) is 3.75. The van der Waals surface area contributed by atoms with E-state index in [2.05, 4.69) is 31.6 Å². The Labute approximate surface area is 274 Å². The SMILES string of the molecule is COC1Cn2c(=O)c(C3(C#N)CC3)cc3c(nc(C)nc32)N[CH-]c2cccc(c2F)C(F)(F)CC2CN(CCCCN1)C2.[Cd]. The Balaban J connectivity index is 0.00000384. The topological polar surface area (TPSA) is 108 Å². The number of aromatic nitrogens is 3. The number of nitriles is 1. The molecule has 2 aromatic heterocycles. The number of aryl methyl sites for hydroxylation is 1. The number of pyridine rings is 1. The summed E-state index contributed by atoms with van der Waals surface area (Å²) in [5, 5.41) is 16.8. The number of hydrogen-bond acceptors (Lipinski definition) is 8. The molecule has 1 unspecified atom stereocenters. The van der Waals surface area contributed by atoms with Gasteiger partial charge in [-0.25, -0.2) is 18.7 Å². The fourth-order valence-electron chi connectivity index (χ4n) is 6.20. The monoisotopic (exact) mass is 708 g/mol. The summed E-state index contributed by atoms with van der Waals surface area (Å²) in [4.78, 5) is 25.1. The summed E-state index contributed by atoms with van der Waals surface area (Å²) in [5.74, 6) is -3.90. The Kier molecular flexibility index (Phi) is 9.60. The number of benzene rings is 1. The first-order chi connectivity index (χ1) is 20.6. The molecule has 3 aromatic rings. The smallest absolute Gasteiger partial charge is 0.265 e. The van der Waals surface area contributed by atoms with Crippen molar-refractivity contribution in [3.8, 4) is 6.07 Å². The molecule has 230 valence electrons. The number of fused-ring (bicyclic) bond motifs is 8. The van der Waals surface area contributed by atoms with Crippen LogP contribution >= 0.6 is 0 Å². The first kappa shape index (κ1) is 32.6. The zero-order chi connectivity index (χ0) is 30.4. The van der Waals surface area contributed by atoms with Gasteiger partial charge >= 0.3 is 0 Å². The molecule has 0 amide bonds. The molecule has 4 aliphatic rings. The van der Waals surface area contributed by atoms with E-state index in [1.807, 2.05) is 0 Å². The maximum Gasteiger partial charge on any atom is 0.265 e. The third-order valence-corrected chi connectivity index (χ3v) is 8.81. The van der Waals surface area contributed by atoms with Crippen molar-refractivity contribution in [2.75, 3.05) is 38.6 Å². The minimum absolute atomic E-state index is 0. The predicted molar refractivity (Wildman–Crippen MR) is 155 cm³/mol. The molecule has 0 radical (unpaired) electrons. The number of methoxy groups -OCH3 is 1. The summed E-state index contributed by atoms with van der Waals surface area (Å²) in [6.45, 7) is 5.65. The Morgan fingerprint density at radius 3 is 2.64 bits per heavy atom. The molecule has 44 heavy (non-hydrogen) atoms. The quantitative estimate of drug-likeness (QED) is 0.302. The second-order valence-electron chi connectivity index (χ2n) is 11.9. The molecule has 13 heteroatoms.